The third-order valence-electron chi connectivity index (χ3n) is 3.07. The Bertz CT molecular complexity index is 223. The first-order valence-corrected chi connectivity index (χ1v) is 5.55. The normalized spacial score (nSPS) is 40.9. The van der Waals surface area contributed by atoms with E-state index in [9.17, 15) is 0 Å². The maximum atomic E-state index is 5.73. The van der Waals surface area contributed by atoms with Gasteiger partial charge >= 0.3 is 0 Å². The van der Waals surface area contributed by atoms with Gasteiger partial charge in [0.1, 0.15) is 6.29 Å². The molecule has 1 saturated heterocycles. The highest BCUT2D eigenvalue weighted by molar-refractivity contribution is 4.93. The van der Waals surface area contributed by atoms with E-state index < -0.39 is 0 Å². The highest BCUT2D eigenvalue weighted by Gasteiger charge is 2.34. The molecule has 5 N–H and O–H groups in total. The molecule has 1 saturated carbocycles. The molecule has 2 fully saturated rings. The van der Waals surface area contributed by atoms with Crippen molar-refractivity contribution >= 4 is 0 Å². The van der Waals surface area contributed by atoms with Crippen molar-refractivity contribution in [2.45, 2.75) is 43.7 Å². The van der Waals surface area contributed by atoms with Crippen molar-refractivity contribution in [3.63, 3.8) is 0 Å². The van der Waals surface area contributed by atoms with Crippen LogP contribution in [0, 0.1) is 0 Å². The molecule has 4 atom stereocenters. The van der Waals surface area contributed by atoms with E-state index in [2.05, 4.69) is 22.7 Å². The molecule has 1 aliphatic carbocycles. The number of nitrogens with two attached hydrogens (primary N) is 1. The number of hydrogen-bond acceptors (Lipinski definition) is 5. The second-order valence-corrected chi connectivity index (χ2v) is 4.20. The quantitative estimate of drug-likeness (QED) is 0.471. The molecule has 0 aromatic heterocycles. The van der Waals surface area contributed by atoms with Crippen molar-refractivity contribution in [3.05, 3.63) is 12.7 Å². The molecule has 2 aliphatic rings. The molecule has 4 unspecified atom stereocenters. The van der Waals surface area contributed by atoms with Crippen LogP contribution in [0.5, 0.6) is 0 Å². The van der Waals surface area contributed by atoms with Gasteiger partial charge in [0.05, 0.1) is 12.7 Å². The largest absolute Gasteiger partial charge is 0.374 e. The van der Waals surface area contributed by atoms with Crippen LogP contribution in [-0.2, 0) is 4.74 Å². The monoisotopic (exact) mass is 212 g/mol. The van der Waals surface area contributed by atoms with Crippen LogP contribution in [0.25, 0.3) is 0 Å². The predicted molar refractivity (Wildman–Crippen MR) is 58.7 cm³/mol. The van der Waals surface area contributed by atoms with Crippen LogP contribution in [0.2, 0.25) is 0 Å². The lowest BCUT2D eigenvalue weighted by Gasteiger charge is -2.42. The topological polar surface area (TPSA) is 71.3 Å². The van der Waals surface area contributed by atoms with Gasteiger partial charge in [-0.2, -0.15) is 0 Å². The summed E-state index contributed by atoms with van der Waals surface area (Å²) in [4.78, 5) is 0. The van der Waals surface area contributed by atoms with E-state index in [1.165, 1.54) is 0 Å². The van der Waals surface area contributed by atoms with E-state index in [-0.39, 0.29) is 6.29 Å². The zero-order valence-corrected chi connectivity index (χ0v) is 8.91. The molecule has 1 aliphatic heterocycles. The molecule has 0 amide bonds. The maximum absolute atomic E-state index is 5.73. The molecular weight excluding hydrogens is 192 g/mol. The van der Waals surface area contributed by atoms with E-state index in [1.54, 1.807) is 6.08 Å². The summed E-state index contributed by atoms with van der Waals surface area (Å²) in [6.07, 6.45) is 5.22. The third-order valence-corrected chi connectivity index (χ3v) is 3.07. The van der Waals surface area contributed by atoms with Gasteiger partial charge in [0.15, 0.2) is 0 Å². The molecule has 15 heavy (non-hydrogen) atoms. The van der Waals surface area contributed by atoms with Crippen LogP contribution in [0.3, 0.4) is 0 Å². The molecular formula is C10H20N4O. The number of ether oxygens (including phenoxy) is 1. The first kappa shape index (κ1) is 11.0. The zero-order chi connectivity index (χ0) is 10.7. The summed E-state index contributed by atoms with van der Waals surface area (Å²) in [7, 11) is 0. The number of hydrogen-bond donors (Lipinski definition) is 4. The van der Waals surface area contributed by atoms with Crippen molar-refractivity contribution in [2.75, 3.05) is 6.61 Å². The van der Waals surface area contributed by atoms with Gasteiger partial charge in [0, 0.05) is 12.1 Å². The SMILES string of the molecule is C=CCOC1CCC2NC(N)NNC2C1. The molecule has 5 nitrogen and oxygen atoms in total. The first-order chi connectivity index (χ1) is 7.29. The van der Waals surface area contributed by atoms with E-state index in [0.717, 1.165) is 19.3 Å². The minimum atomic E-state index is -0.142. The van der Waals surface area contributed by atoms with E-state index in [1.807, 2.05) is 0 Å². The fourth-order valence-electron chi connectivity index (χ4n) is 2.32. The number of rotatable bonds is 3. The zero-order valence-electron chi connectivity index (χ0n) is 8.91. The summed E-state index contributed by atoms with van der Waals surface area (Å²) in [5, 5.41) is 3.32. The van der Waals surface area contributed by atoms with Crippen molar-refractivity contribution in [1.29, 1.82) is 0 Å². The second-order valence-electron chi connectivity index (χ2n) is 4.20. The third kappa shape index (κ3) is 2.76. The molecule has 0 spiro atoms. The van der Waals surface area contributed by atoms with Crippen LogP contribution < -0.4 is 21.9 Å². The Morgan fingerprint density at radius 3 is 3.00 bits per heavy atom. The van der Waals surface area contributed by atoms with Gasteiger partial charge in [-0.3, -0.25) is 10.7 Å². The van der Waals surface area contributed by atoms with Crippen LogP contribution in [0.15, 0.2) is 12.7 Å². The van der Waals surface area contributed by atoms with Crippen LogP contribution in [0.4, 0.5) is 0 Å². The Morgan fingerprint density at radius 1 is 1.33 bits per heavy atom. The average Bonchev–Trinajstić information content (AvgIpc) is 2.26. The highest BCUT2D eigenvalue weighted by atomic mass is 16.5. The van der Waals surface area contributed by atoms with Gasteiger partial charge in [-0.1, -0.05) is 6.08 Å². The smallest absolute Gasteiger partial charge is 0.122 e. The lowest BCUT2D eigenvalue weighted by molar-refractivity contribution is 0.0124. The number of fused-ring (bicyclic) bond motifs is 1. The molecule has 0 aromatic rings. The molecule has 5 heteroatoms. The minimum Gasteiger partial charge on any atom is -0.374 e. The fraction of sp³-hybridized carbons (Fsp3) is 0.800. The van der Waals surface area contributed by atoms with Gasteiger partial charge in [0.2, 0.25) is 0 Å². The summed E-state index contributed by atoms with van der Waals surface area (Å²) in [6.45, 7) is 4.30. The van der Waals surface area contributed by atoms with E-state index >= 15 is 0 Å². The van der Waals surface area contributed by atoms with Crippen molar-refractivity contribution < 1.29 is 4.74 Å². The van der Waals surface area contributed by atoms with Gasteiger partial charge < -0.3 is 10.5 Å². The summed E-state index contributed by atoms with van der Waals surface area (Å²) in [5.74, 6) is 0. The lowest BCUT2D eigenvalue weighted by Crippen LogP contribution is -2.71. The molecule has 1 heterocycles. The minimum absolute atomic E-state index is 0.142. The Morgan fingerprint density at radius 2 is 2.20 bits per heavy atom. The molecule has 2 rings (SSSR count). The maximum Gasteiger partial charge on any atom is 0.122 e. The van der Waals surface area contributed by atoms with Crippen molar-refractivity contribution in [1.82, 2.24) is 16.2 Å². The fourth-order valence-corrected chi connectivity index (χ4v) is 2.32. The lowest BCUT2D eigenvalue weighted by atomic mass is 9.88. The van der Waals surface area contributed by atoms with Crippen LogP contribution in [0.1, 0.15) is 19.3 Å². The summed E-state index contributed by atoms with van der Waals surface area (Å²) in [5.41, 5.74) is 12.0. The highest BCUT2D eigenvalue weighted by Crippen LogP contribution is 2.22. The Hall–Kier alpha value is -0.460. The Balaban J connectivity index is 1.81. The van der Waals surface area contributed by atoms with E-state index in [4.69, 9.17) is 10.5 Å². The van der Waals surface area contributed by atoms with Gasteiger partial charge in [-0.05, 0) is 19.3 Å². The van der Waals surface area contributed by atoms with Gasteiger partial charge in [-0.25, -0.2) is 5.43 Å². The first-order valence-electron chi connectivity index (χ1n) is 5.55. The number of hydrazine groups is 1. The molecule has 0 radical (unpaired) electrons. The van der Waals surface area contributed by atoms with E-state index in [0.29, 0.717) is 24.8 Å². The molecule has 0 bridgehead atoms. The summed E-state index contributed by atoms with van der Waals surface area (Å²) < 4.78 is 5.66. The van der Waals surface area contributed by atoms with Crippen molar-refractivity contribution in [2.24, 2.45) is 5.73 Å². The van der Waals surface area contributed by atoms with Gasteiger partial charge in [0.25, 0.3) is 0 Å². The molecule has 0 aromatic carbocycles. The number of nitrogens with one attached hydrogen (secondary N) is 3. The second kappa shape index (κ2) is 5.05. The van der Waals surface area contributed by atoms with Crippen LogP contribution >= 0.6 is 0 Å². The van der Waals surface area contributed by atoms with Gasteiger partial charge in [-0.15, -0.1) is 6.58 Å². The summed E-state index contributed by atoms with van der Waals surface area (Å²) in [6, 6.07) is 0.873. The molecule has 86 valence electrons. The standard InChI is InChI=1S/C10H20N4O/c1-2-5-15-7-3-4-8-9(6-7)13-14-10(11)12-8/h2,7-10,12-14H,1,3-6,11H2. The predicted octanol–water partition coefficient (Wildman–Crippen LogP) is -0.582. The summed E-state index contributed by atoms with van der Waals surface area (Å²) >= 11 is 0. The Kier molecular flexibility index (Phi) is 3.71. The average molecular weight is 212 g/mol. The van der Waals surface area contributed by atoms with Crippen LogP contribution in [-0.4, -0.2) is 31.1 Å². The Labute approximate surface area is 90.4 Å². The van der Waals surface area contributed by atoms with Crippen molar-refractivity contribution in [3.8, 4) is 0 Å².